The minimum Gasteiger partial charge on any atom is -0.445 e. The molecule has 0 unspecified atom stereocenters. The number of anilines is 1. The number of aromatic nitrogens is 2. The van der Waals surface area contributed by atoms with Crippen molar-refractivity contribution in [2.75, 3.05) is 5.73 Å². The minimum atomic E-state index is -1.09. The van der Waals surface area contributed by atoms with Crippen LogP contribution in [0, 0.1) is 34.0 Å². The summed E-state index contributed by atoms with van der Waals surface area (Å²) in [5.74, 6) is -0.949. The molecule has 0 radical (unpaired) electrons. The number of nitrogens with two attached hydrogens (primary N) is 2. The molecule has 4 aliphatic carbocycles. The fourth-order valence-corrected chi connectivity index (χ4v) is 7.96. The zero-order valence-electron chi connectivity index (χ0n) is 22.1. The Morgan fingerprint density at radius 2 is 2.03 bits per heavy atom. The normalized spacial score (nSPS) is 38.3. The minimum absolute atomic E-state index is 0.00361. The van der Waals surface area contributed by atoms with Crippen molar-refractivity contribution in [2.45, 2.75) is 71.2 Å². The molecule has 1 aromatic heterocycles. The molecule has 12 heteroatoms. The summed E-state index contributed by atoms with van der Waals surface area (Å²) in [6, 6.07) is 0. The monoisotopic (exact) mass is 541 g/mol. The summed E-state index contributed by atoms with van der Waals surface area (Å²) in [7, 11) is 0. The highest BCUT2D eigenvalue weighted by atomic mass is 16.6. The predicted molar refractivity (Wildman–Crippen MR) is 137 cm³/mol. The maximum absolute atomic E-state index is 13.3. The number of amides is 3. The first-order valence-electron chi connectivity index (χ1n) is 13.3. The summed E-state index contributed by atoms with van der Waals surface area (Å²) in [6.45, 7) is 7.49. The Kier molecular flexibility index (Phi) is 6.44. The van der Waals surface area contributed by atoms with E-state index in [0.29, 0.717) is 12.8 Å². The molecule has 1 spiro atoms. The molecule has 12 nitrogen and oxygen atoms in total. The van der Waals surface area contributed by atoms with Gasteiger partial charge in [-0.25, -0.2) is 24.9 Å². The fraction of sp³-hybridized carbons (Fsp3) is 0.630. The first kappa shape index (κ1) is 27.0. The second-order valence-corrected chi connectivity index (χ2v) is 11.9. The lowest BCUT2D eigenvalue weighted by molar-refractivity contribution is -0.156. The lowest BCUT2D eigenvalue weighted by atomic mass is 9.50. The Morgan fingerprint density at radius 1 is 1.28 bits per heavy atom. The van der Waals surface area contributed by atoms with Crippen LogP contribution in [-0.2, 0) is 20.9 Å². The van der Waals surface area contributed by atoms with E-state index in [2.05, 4.69) is 21.9 Å². The van der Waals surface area contributed by atoms with E-state index in [0.717, 1.165) is 25.5 Å². The van der Waals surface area contributed by atoms with Crippen molar-refractivity contribution in [2.24, 2.45) is 39.7 Å². The maximum Gasteiger partial charge on any atom is 0.417 e. The molecule has 39 heavy (non-hydrogen) atoms. The van der Waals surface area contributed by atoms with Crippen LogP contribution in [0.2, 0.25) is 0 Å². The summed E-state index contributed by atoms with van der Waals surface area (Å²) in [5.41, 5.74) is 9.14. The van der Waals surface area contributed by atoms with Gasteiger partial charge in [-0.2, -0.15) is 0 Å². The van der Waals surface area contributed by atoms with Gasteiger partial charge in [0.1, 0.15) is 17.7 Å². The number of alkyl carbamates (subject to hydrolysis) is 2. The van der Waals surface area contributed by atoms with Crippen LogP contribution >= 0.6 is 0 Å². The van der Waals surface area contributed by atoms with Gasteiger partial charge >= 0.3 is 12.2 Å². The highest BCUT2D eigenvalue weighted by Gasteiger charge is 2.77. The molecule has 6 N–H and O–H groups in total. The van der Waals surface area contributed by atoms with Gasteiger partial charge in [-0.15, -0.1) is 6.58 Å². The summed E-state index contributed by atoms with van der Waals surface area (Å²) in [5, 5.41) is 13.6. The van der Waals surface area contributed by atoms with Crippen molar-refractivity contribution in [3.8, 4) is 0 Å². The number of carbonyl (C=O) groups excluding carboxylic acids is 4. The number of primary amides is 1. The number of aliphatic hydroxyl groups is 1. The number of nitrogens with zero attached hydrogens (tertiary/aromatic N) is 2. The molecule has 1 aromatic rings. The number of nitrogen functional groups attached to an aromatic ring is 1. The number of hydrogen-bond acceptors (Lipinski definition) is 10. The molecule has 0 aliphatic heterocycles. The third kappa shape index (κ3) is 4.16. The van der Waals surface area contributed by atoms with E-state index in [9.17, 15) is 24.3 Å². The lowest BCUT2D eigenvalue weighted by Gasteiger charge is -2.55. The molecule has 4 fully saturated rings. The third-order valence-corrected chi connectivity index (χ3v) is 10.1. The van der Waals surface area contributed by atoms with Crippen LogP contribution in [-0.4, -0.2) is 51.2 Å². The molecule has 8 atom stereocenters. The summed E-state index contributed by atoms with van der Waals surface area (Å²) >= 11 is 0. The van der Waals surface area contributed by atoms with Crippen LogP contribution in [0.5, 0.6) is 0 Å². The van der Waals surface area contributed by atoms with E-state index >= 15 is 0 Å². The van der Waals surface area contributed by atoms with Gasteiger partial charge in [0.05, 0.1) is 11.7 Å². The highest BCUT2D eigenvalue weighted by Crippen LogP contribution is 2.77. The highest BCUT2D eigenvalue weighted by molar-refractivity contribution is 5.96. The number of rotatable bonds is 5. The first-order valence-corrected chi connectivity index (χ1v) is 13.3. The SMILES string of the molecule is C=C[C@]1(C)C[C@@H](OC(=O)NC(=O)OCc2ncc(C(N)=O)c(N)n2)[C@]23C[C@@H]2CC[C@]2(CCC(=O)[C@H]23)[C@@H](C)[C@@H]1O. The van der Waals surface area contributed by atoms with Gasteiger partial charge in [0, 0.05) is 29.4 Å². The number of carbonyl (C=O) groups is 4. The number of ether oxygens (including phenoxy) is 2. The van der Waals surface area contributed by atoms with Gasteiger partial charge in [0.25, 0.3) is 5.91 Å². The molecular weight excluding hydrogens is 506 g/mol. The quantitative estimate of drug-likeness (QED) is 0.401. The van der Waals surface area contributed by atoms with Crippen LogP contribution in [0.25, 0.3) is 0 Å². The zero-order chi connectivity index (χ0) is 28.3. The largest absolute Gasteiger partial charge is 0.445 e. The molecular formula is C27H35N5O7. The second-order valence-electron chi connectivity index (χ2n) is 11.9. The number of Topliss-reactive ketones (excluding diaryl/α,β-unsaturated/α-hetero) is 1. The average molecular weight is 542 g/mol. The van der Waals surface area contributed by atoms with Gasteiger partial charge in [-0.1, -0.05) is 19.9 Å². The Labute approximate surface area is 225 Å². The molecule has 0 aromatic carbocycles. The average Bonchev–Trinajstić information content (AvgIpc) is 3.54. The van der Waals surface area contributed by atoms with Crippen molar-refractivity contribution < 1.29 is 33.8 Å². The van der Waals surface area contributed by atoms with Crippen molar-refractivity contribution in [3.63, 3.8) is 0 Å². The standard InChI is InChI=1S/C27H35N5O7/c1-4-25(3)10-17(27-9-14(27)5-7-26(13(2)20(25)34)8-6-16(33)19(26)27)39-24(37)32-23(36)38-12-18-30-11-15(22(29)35)21(28)31-18/h4,11,13-14,17,19-20,34H,1,5-10,12H2,2-3H3,(H2,29,35)(H2,28,30,31)(H,32,36,37)/t13-,14-,17+,19+,20-,25+,26-,27-/m0/s1. The van der Waals surface area contributed by atoms with Crippen LogP contribution in [0.4, 0.5) is 15.4 Å². The summed E-state index contributed by atoms with van der Waals surface area (Å²) in [4.78, 5) is 57.6. The Morgan fingerprint density at radius 3 is 2.69 bits per heavy atom. The van der Waals surface area contributed by atoms with Gasteiger partial charge in [-0.3, -0.25) is 9.59 Å². The van der Waals surface area contributed by atoms with Crippen LogP contribution in [0.15, 0.2) is 18.9 Å². The smallest absolute Gasteiger partial charge is 0.417 e. The van der Waals surface area contributed by atoms with E-state index < -0.39 is 47.7 Å². The summed E-state index contributed by atoms with van der Waals surface area (Å²) in [6.07, 6.45) is 3.25. The van der Waals surface area contributed by atoms with Crippen LogP contribution < -0.4 is 16.8 Å². The Bertz CT molecular complexity index is 1250. The molecule has 5 rings (SSSR count). The van der Waals surface area contributed by atoms with Crippen LogP contribution in [0.3, 0.4) is 0 Å². The van der Waals surface area contributed by atoms with Crippen molar-refractivity contribution >= 4 is 29.7 Å². The Hall–Kier alpha value is -3.54. The third-order valence-electron chi connectivity index (χ3n) is 10.1. The van der Waals surface area contributed by atoms with E-state index in [1.807, 2.05) is 13.8 Å². The number of imide groups is 1. The molecule has 3 amide bonds. The van der Waals surface area contributed by atoms with Crippen molar-refractivity contribution in [3.05, 3.63) is 30.2 Å². The van der Waals surface area contributed by atoms with Crippen molar-refractivity contribution in [1.29, 1.82) is 0 Å². The van der Waals surface area contributed by atoms with E-state index in [1.165, 1.54) is 0 Å². The zero-order valence-corrected chi connectivity index (χ0v) is 22.1. The fourth-order valence-electron chi connectivity index (χ4n) is 7.96. The number of hydrogen-bond donors (Lipinski definition) is 4. The molecule has 0 saturated heterocycles. The molecule has 4 saturated carbocycles. The lowest BCUT2D eigenvalue weighted by Crippen LogP contribution is -2.58. The molecule has 2 bridgehead atoms. The van der Waals surface area contributed by atoms with Gasteiger partial charge < -0.3 is 26.0 Å². The van der Waals surface area contributed by atoms with Crippen molar-refractivity contribution in [1.82, 2.24) is 15.3 Å². The van der Waals surface area contributed by atoms with Gasteiger partial charge in [-0.05, 0) is 49.4 Å². The predicted octanol–water partition coefficient (Wildman–Crippen LogP) is 2.25. The Balaban J connectivity index is 1.32. The van der Waals surface area contributed by atoms with E-state index in [-0.39, 0.29) is 52.6 Å². The van der Waals surface area contributed by atoms with Gasteiger partial charge in [0.15, 0.2) is 12.4 Å². The maximum atomic E-state index is 13.3. The van der Waals surface area contributed by atoms with E-state index in [4.69, 9.17) is 20.9 Å². The van der Waals surface area contributed by atoms with Gasteiger partial charge in [0.2, 0.25) is 0 Å². The summed E-state index contributed by atoms with van der Waals surface area (Å²) < 4.78 is 10.9. The number of ketones is 1. The van der Waals surface area contributed by atoms with E-state index in [1.54, 1.807) is 6.08 Å². The van der Waals surface area contributed by atoms with Crippen LogP contribution in [0.1, 0.15) is 68.6 Å². The second kappa shape index (κ2) is 9.29. The molecule has 4 aliphatic rings. The number of nitrogens with one attached hydrogen (secondary N) is 1. The molecule has 1 heterocycles. The topological polar surface area (TPSA) is 197 Å². The molecule has 210 valence electrons. The number of aliphatic hydroxyl groups excluding tert-OH is 1. The first-order chi connectivity index (χ1) is 18.4.